The van der Waals surface area contributed by atoms with Gasteiger partial charge in [0, 0.05) is 31.4 Å². The van der Waals surface area contributed by atoms with Gasteiger partial charge in [-0.15, -0.1) is 8.78 Å². The molecule has 32 heavy (non-hydrogen) atoms. The molecule has 2 aliphatic rings. The number of carbonyl (C=O) groups excluding carboxylic acids is 1. The standard InChI is InChI=1S/C24H20F2N2O4.H2/c1-13-7-16(28-18(8-13)17-12-27-22(30)9-14(17)2)11-21(29)23(5-6-23)15-3-4-19-20(10-15)32-24(25,26)31-19;/h3-4,7-10,12H,5-6,11H2,1-2H3,(H,27,30);1H. The van der Waals surface area contributed by atoms with Crippen LogP contribution in [0.4, 0.5) is 8.78 Å². The molecule has 1 saturated carbocycles. The van der Waals surface area contributed by atoms with Crippen molar-refractivity contribution in [3.05, 3.63) is 75.3 Å². The van der Waals surface area contributed by atoms with Crippen LogP contribution >= 0.6 is 0 Å². The summed E-state index contributed by atoms with van der Waals surface area (Å²) < 4.78 is 35.7. The molecular formula is C24H22F2N2O4. The number of ketones is 1. The Bertz CT molecular complexity index is 1320. The van der Waals surface area contributed by atoms with Gasteiger partial charge >= 0.3 is 6.29 Å². The van der Waals surface area contributed by atoms with Gasteiger partial charge in [0.05, 0.1) is 11.1 Å². The lowest BCUT2D eigenvalue weighted by molar-refractivity contribution is -0.286. The molecule has 6 nitrogen and oxygen atoms in total. The van der Waals surface area contributed by atoms with Crippen LogP contribution in [-0.4, -0.2) is 22.0 Å². The number of Topliss-reactive ketones (excluding diaryl/α,β-unsaturated/α-hetero) is 1. The van der Waals surface area contributed by atoms with E-state index in [0.717, 1.165) is 16.7 Å². The third-order valence-electron chi connectivity index (χ3n) is 6.01. The molecule has 0 saturated heterocycles. The Labute approximate surface area is 183 Å². The molecule has 1 N–H and O–H groups in total. The second-order valence-corrected chi connectivity index (χ2v) is 8.43. The number of rotatable bonds is 5. The minimum absolute atomic E-state index is 0. The zero-order valence-electron chi connectivity index (χ0n) is 17.5. The molecule has 166 valence electrons. The van der Waals surface area contributed by atoms with E-state index in [4.69, 9.17) is 0 Å². The number of halogens is 2. The number of hydrogen-bond acceptors (Lipinski definition) is 5. The second kappa shape index (κ2) is 6.98. The first kappa shape index (κ1) is 20.4. The van der Waals surface area contributed by atoms with E-state index in [2.05, 4.69) is 19.4 Å². The Morgan fingerprint density at radius 2 is 1.88 bits per heavy atom. The van der Waals surface area contributed by atoms with Crippen molar-refractivity contribution in [3.8, 4) is 22.8 Å². The zero-order valence-corrected chi connectivity index (χ0v) is 17.5. The summed E-state index contributed by atoms with van der Waals surface area (Å²) in [5, 5.41) is 0. The van der Waals surface area contributed by atoms with Crippen molar-refractivity contribution in [3.63, 3.8) is 0 Å². The largest absolute Gasteiger partial charge is 0.586 e. The summed E-state index contributed by atoms with van der Waals surface area (Å²) in [5.74, 6) is -0.121. The second-order valence-electron chi connectivity index (χ2n) is 8.43. The normalized spacial score (nSPS) is 17.2. The molecule has 0 spiro atoms. The lowest BCUT2D eigenvalue weighted by Crippen LogP contribution is -2.26. The molecule has 0 unspecified atom stereocenters. The number of H-pyrrole nitrogens is 1. The summed E-state index contributed by atoms with van der Waals surface area (Å²) >= 11 is 0. The third-order valence-corrected chi connectivity index (χ3v) is 6.01. The summed E-state index contributed by atoms with van der Waals surface area (Å²) in [6, 6.07) is 9.80. The van der Waals surface area contributed by atoms with E-state index >= 15 is 0 Å². The van der Waals surface area contributed by atoms with Gasteiger partial charge in [0.15, 0.2) is 11.5 Å². The quantitative estimate of drug-likeness (QED) is 0.633. The third kappa shape index (κ3) is 3.55. The maximum atomic E-state index is 13.4. The molecule has 5 rings (SSSR count). The summed E-state index contributed by atoms with van der Waals surface area (Å²) in [7, 11) is 0. The molecule has 0 bridgehead atoms. The van der Waals surface area contributed by atoms with Gasteiger partial charge < -0.3 is 14.5 Å². The number of alkyl halides is 2. The number of pyridine rings is 2. The number of benzene rings is 1. The smallest absolute Gasteiger partial charge is 0.395 e. The van der Waals surface area contributed by atoms with Crippen LogP contribution in [-0.2, 0) is 16.6 Å². The molecule has 2 aromatic heterocycles. The minimum Gasteiger partial charge on any atom is -0.395 e. The predicted molar refractivity (Wildman–Crippen MR) is 114 cm³/mol. The van der Waals surface area contributed by atoms with Crippen molar-refractivity contribution in [2.24, 2.45) is 0 Å². The molecule has 1 aliphatic carbocycles. The van der Waals surface area contributed by atoms with E-state index in [9.17, 15) is 18.4 Å². The van der Waals surface area contributed by atoms with Crippen LogP contribution in [0.3, 0.4) is 0 Å². The molecular weight excluding hydrogens is 418 g/mol. The van der Waals surface area contributed by atoms with E-state index in [1.54, 1.807) is 12.3 Å². The molecule has 0 radical (unpaired) electrons. The number of hydrogen-bond donors (Lipinski definition) is 1. The highest BCUT2D eigenvalue weighted by Crippen LogP contribution is 2.52. The average Bonchev–Trinajstić information content (AvgIpc) is 3.44. The average molecular weight is 440 g/mol. The van der Waals surface area contributed by atoms with Crippen LogP contribution in [0.5, 0.6) is 11.5 Å². The minimum atomic E-state index is -3.69. The summed E-state index contributed by atoms with van der Waals surface area (Å²) in [6.07, 6.45) is -0.680. The Morgan fingerprint density at radius 1 is 1.12 bits per heavy atom. The number of nitrogens with zero attached hydrogens (tertiary/aromatic N) is 1. The number of fused-ring (bicyclic) bond motifs is 1. The maximum absolute atomic E-state index is 13.4. The fourth-order valence-electron chi connectivity index (χ4n) is 4.25. The van der Waals surface area contributed by atoms with Crippen molar-refractivity contribution < 1.29 is 24.5 Å². The van der Waals surface area contributed by atoms with Crippen LogP contribution in [0, 0.1) is 13.8 Å². The highest BCUT2D eigenvalue weighted by molar-refractivity contribution is 5.94. The molecule has 0 atom stereocenters. The van der Waals surface area contributed by atoms with Gasteiger partial charge in [0.2, 0.25) is 5.56 Å². The van der Waals surface area contributed by atoms with Crippen molar-refractivity contribution >= 4 is 5.78 Å². The summed E-state index contributed by atoms with van der Waals surface area (Å²) in [6.45, 7) is 3.76. The monoisotopic (exact) mass is 440 g/mol. The van der Waals surface area contributed by atoms with Gasteiger partial charge in [-0.3, -0.25) is 14.6 Å². The van der Waals surface area contributed by atoms with Crippen molar-refractivity contribution in [2.45, 2.75) is 44.8 Å². The summed E-state index contributed by atoms with van der Waals surface area (Å²) in [5.41, 5.74) is 3.55. The zero-order chi connectivity index (χ0) is 22.7. The predicted octanol–water partition coefficient (Wildman–Crippen LogP) is 4.46. The first-order valence-corrected chi connectivity index (χ1v) is 10.3. The molecule has 3 heterocycles. The van der Waals surface area contributed by atoms with E-state index in [1.165, 1.54) is 18.2 Å². The summed E-state index contributed by atoms with van der Waals surface area (Å²) in [4.78, 5) is 32.1. The van der Waals surface area contributed by atoms with Crippen molar-refractivity contribution in [1.82, 2.24) is 9.97 Å². The number of aryl methyl sites for hydroxylation is 2. The number of aromatic amines is 1. The van der Waals surface area contributed by atoms with Gasteiger partial charge in [-0.05, 0) is 67.6 Å². The molecule has 0 amide bonds. The Morgan fingerprint density at radius 3 is 2.59 bits per heavy atom. The van der Waals surface area contributed by atoms with Crippen molar-refractivity contribution in [2.75, 3.05) is 0 Å². The molecule has 3 aromatic rings. The molecule has 1 aliphatic heterocycles. The highest BCUT2D eigenvalue weighted by atomic mass is 19.3. The number of aromatic nitrogens is 2. The molecule has 1 fully saturated rings. The van der Waals surface area contributed by atoms with Gasteiger partial charge in [-0.25, -0.2) is 0 Å². The Hall–Kier alpha value is -3.55. The highest BCUT2D eigenvalue weighted by Gasteiger charge is 2.52. The van der Waals surface area contributed by atoms with Crippen LogP contribution in [0.2, 0.25) is 0 Å². The van der Waals surface area contributed by atoms with Crippen LogP contribution < -0.4 is 15.0 Å². The fourth-order valence-corrected chi connectivity index (χ4v) is 4.25. The number of nitrogens with one attached hydrogen (secondary N) is 1. The molecule has 8 heteroatoms. The fraction of sp³-hybridized carbons (Fsp3) is 0.292. The lowest BCUT2D eigenvalue weighted by atomic mass is 9.88. The van der Waals surface area contributed by atoms with E-state index in [0.29, 0.717) is 29.8 Å². The van der Waals surface area contributed by atoms with Gasteiger partial charge in [0.1, 0.15) is 5.78 Å². The van der Waals surface area contributed by atoms with Crippen LogP contribution in [0.25, 0.3) is 11.3 Å². The Balaban J connectivity index is 0.00000259. The van der Waals surface area contributed by atoms with Gasteiger partial charge in [0.25, 0.3) is 0 Å². The van der Waals surface area contributed by atoms with Gasteiger partial charge in [-0.2, -0.15) is 0 Å². The Kier molecular flexibility index (Phi) is 4.44. The first-order valence-electron chi connectivity index (χ1n) is 10.3. The van der Waals surface area contributed by atoms with Crippen LogP contribution in [0.1, 0.15) is 36.7 Å². The van der Waals surface area contributed by atoms with E-state index < -0.39 is 11.7 Å². The number of ether oxygens (including phenoxy) is 2. The lowest BCUT2D eigenvalue weighted by Gasteiger charge is -2.16. The topological polar surface area (TPSA) is 81.3 Å². The van der Waals surface area contributed by atoms with E-state index in [1.807, 2.05) is 26.0 Å². The SMILES string of the molecule is Cc1cc(CC(=O)C2(c3ccc4c(c3)OC(F)(F)O4)CC2)nc(-c2c[nH]c(=O)cc2C)c1.[HH]. The van der Waals surface area contributed by atoms with E-state index in [-0.39, 0.29) is 30.7 Å². The van der Waals surface area contributed by atoms with Gasteiger partial charge in [-0.1, -0.05) is 6.07 Å². The maximum Gasteiger partial charge on any atom is 0.586 e. The first-order chi connectivity index (χ1) is 15.1. The van der Waals surface area contributed by atoms with Crippen molar-refractivity contribution in [1.29, 1.82) is 0 Å². The number of carbonyl (C=O) groups is 1. The molecule has 1 aromatic carbocycles. The van der Waals surface area contributed by atoms with Crippen LogP contribution in [0.15, 0.2) is 47.4 Å².